The summed E-state index contributed by atoms with van der Waals surface area (Å²) in [6.07, 6.45) is -2.94. The minimum atomic E-state index is -4.41. The van der Waals surface area contributed by atoms with Crippen LogP contribution >= 0.6 is 0 Å². The summed E-state index contributed by atoms with van der Waals surface area (Å²) in [5.74, 6) is -0.338. The molecule has 3 rings (SSSR count). The zero-order chi connectivity index (χ0) is 16.6. The predicted octanol–water partition coefficient (Wildman–Crippen LogP) is 4.79. The first-order valence-corrected chi connectivity index (χ1v) is 6.94. The van der Waals surface area contributed by atoms with Crippen molar-refractivity contribution >= 4 is 16.7 Å². The molecule has 116 valence electrons. The Morgan fingerprint density at radius 2 is 1.65 bits per heavy atom. The molecular weight excluding hydrogens is 303 g/mol. The van der Waals surface area contributed by atoms with Crippen molar-refractivity contribution in [1.82, 2.24) is 4.98 Å². The highest BCUT2D eigenvalue weighted by Crippen LogP contribution is 2.29. The molecule has 1 heterocycles. The molecule has 1 aromatic heterocycles. The molecule has 23 heavy (non-hydrogen) atoms. The molecule has 2 aromatic carbocycles. The third-order valence-corrected chi connectivity index (χ3v) is 3.76. The summed E-state index contributed by atoms with van der Waals surface area (Å²) >= 11 is 0. The van der Waals surface area contributed by atoms with E-state index in [1.165, 1.54) is 18.3 Å². The van der Waals surface area contributed by atoms with Gasteiger partial charge < -0.3 is 0 Å². The summed E-state index contributed by atoms with van der Waals surface area (Å²) in [4.78, 5) is 16.8. The van der Waals surface area contributed by atoms with Crippen LogP contribution in [-0.4, -0.2) is 10.8 Å². The van der Waals surface area contributed by atoms with Gasteiger partial charge in [0.25, 0.3) is 0 Å². The Bertz CT molecular complexity index is 883. The number of carbonyl (C=O) groups excluding carboxylic acids is 1. The van der Waals surface area contributed by atoms with Crippen LogP contribution in [0.15, 0.2) is 54.7 Å². The first-order chi connectivity index (χ1) is 10.9. The van der Waals surface area contributed by atoms with Crippen LogP contribution < -0.4 is 0 Å². The summed E-state index contributed by atoms with van der Waals surface area (Å²) in [7, 11) is 0. The van der Waals surface area contributed by atoms with Crippen LogP contribution in [0.1, 0.15) is 27.0 Å². The fraction of sp³-hybridized carbons (Fsp3) is 0.111. The van der Waals surface area contributed by atoms with Gasteiger partial charge in [-0.05, 0) is 30.7 Å². The van der Waals surface area contributed by atoms with Crippen LogP contribution in [0, 0.1) is 6.92 Å². The second-order valence-electron chi connectivity index (χ2n) is 5.22. The van der Waals surface area contributed by atoms with E-state index in [-0.39, 0.29) is 11.3 Å². The summed E-state index contributed by atoms with van der Waals surface area (Å²) in [5, 5.41) is 0.852. The van der Waals surface area contributed by atoms with Gasteiger partial charge in [-0.25, -0.2) is 0 Å². The van der Waals surface area contributed by atoms with Crippen LogP contribution in [0.3, 0.4) is 0 Å². The summed E-state index contributed by atoms with van der Waals surface area (Å²) in [5.41, 5.74) is 1.36. The predicted molar refractivity (Wildman–Crippen MR) is 81.4 cm³/mol. The van der Waals surface area contributed by atoms with Crippen molar-refractivity contribution < 1.29 is 18.0 Å². The van der Waals surface area contributed by atoms with Gasteiger partial charge in [0.15, 0.2) is 5.78 Å². The molecule has 0 aliphatic carbocycles. The van der Waals surface area contributed by atoms with Gasteiger partial charge in [0.2, 0.25) is 0 Å². The number of alkyl halides is 3. The number of hydrogen-bond acceptors (Lipinski definition) is 2. The molecule has 0 amide bonds. The zero-order valence-corrected chi connectivity index (χ0v) is 12.2. The van der Waals surface area contributed by atoms with Crippen LogP contribution in [0.25, 0.3) is 10.9 Å². The van der Waals surface area contributed by atoms with Gasteiger partial charge in [-0.2, -0.15) is 13.2 Å². The number of para-hydroxylation sites is 1. The number of ketones is 1. The Hall–Kier alpha value is -2.69. The van der Waals surface area contributed by atoms with Crippen molar-refractivity contribution in [2.75, 3.05) is 0 Å². The topological polar surface area (TPSA) is 30.0 Å². The van der Waals surface area contributed by atoms with E-state index < -0.39 is 11.7 Å². The number of hydrogen-bond donors (Lipinski definition) is 0. The van der Waals surface area contributed by atoms with E-state index in [2.05, 4.69) is 4.98 Å². The van der Waals surface area contributed by atoms with E-state index in [9.17, 15) is 18.0 Å². The molecule has 0 aliphatic rings. The third kappa shape index (κ3) is 2.82. The highest BCUT2D eigenvalue weighted by Gasteiger charge is 2.30. The van der Waals surface area contributed by atoms with E-state index in [1.807, 2.05) is 24.3 Å². The van der Waals surface area contributed by atoms with Crippen LogP contribution in [-0.2, 0) is 6.18 Å². The molecule has 0 atom stereocenters. The first-order valence-electron chi connectivity index (χ1n) is 6.94. The molecular formula is C18H12F3NO. The number of benzene rings is 2. The molecule has 0 fully saturated rings. The maximum Gasteiger partial charge on any atom is 0.416 e. The Balaban J connectivity index is 2.02. The van der Waals surface area contributed by atoms with Gasteiger partial charge >= 0.3 is 6.18 Å². The lowest BCUT2D eigenvalue weighted by Gasteiger charge is -2.10. The van der Waals surface area contributed by atoms with Crippen LogP contribution in [0.4, 0.5) is 13.2 Å². The standard InChI is InChI=1S/C18H12F3NO/c1-11-14-4-2-3-5-16(14)22-10-15(11)17(23)12-6-8-13(9-7-12)18(19,20)21/h2-10H,1H3. The van der Waals surface area contributed by atoms with Gasteiger partial charge in [-0.3, -0.25) is 9.78 Å². The minimum Gasteiger partial charge on any atom is -0.289 e. The van der Waals surface area contributed by atoms with Gasteiger partial charge in [0.05, 0.1) is 11.1 Å². The van der Waals surface area contributed by atoms with E-state index in [4.69, 9.17) is 0 Å². The normalized spacial score (nSPS) is 11.7. The number of carbonyl (C=O) groups is 1. The maximum atomic E-state index is 12.6. The average Bonchev–Trinajstić information content (AvgIpc) is 2.54. The number of fused-ring (bicyclic) bond motifs is 1. The van der Waals surface area contributed by atoms with Crippen molar-refractivity contribution in [2.24, 2.45) is 0 Å². The van der Waals surface area contributed by atoms with Crippen molar-refractivity contribution in [2.45, 2.75) is 13.1 Å². The molecule has 0 unspecified atom stereocenters. The summed E-state index contributed by atoms with van der Waals surface area (Å²) in [6, 6.07) is 11.6. The number of rotatable bonds is 2. The van der Waals surface area contributed by atoms with E-state index >= 15 is 0 Å². The molecule has 0 saturated carbocycles. The molecule has 0 N–H and O–H groups in total. The smallest absolute Gasteiger partial charge is 0.289 e. The molecule has 3 aromatic rings. The first kappa shape index (κ1) is 15.2. The van der Waals surface area contributed by atoms with Gasteiger partial charge in [0, 0.05) is 22.7 Å². The van der Waals surface area contributed by atoms with E-state index in [1.54, 1.807) is 6.92 Å². The van der Waals surface area contributed by atoms with Crippen molar-refractivity contribution in [3.05, 3.63) is 77.0 Å². The van der Waals surface area contributed by atoms with Crippen molar-refractivity contribution in [1.29, 1.82) is 0 Å². The molecule has 5 heteroatoms. The van der Waals surface area contributed by atoms with Gasteiger partial charge in [-0.15, -0.1) is 0 Å². The van der Waals surface area contributed by atoms with Gasteiger partial charge in [-0.1, -0.05) is 30.3 Å². The Labute approximate surface area is 130 Å². The number of nitrogens with zero attached hydrogens (tertiary/aromatic N) is 1. The lowest BCUT2D eigenvalue weighted by molar-refractivity contribution is -0.137. The third-order valence-electron chi connectivity index (χ3n) is 3.76. The molecule has 0 bridgehead atoms. The lowest BCUT2D eigenvalue weighted by atomic mass is 9.97. The van der Waals surface area contributed by atoms with Crippen LogP contribution in [0.2, 0.25) is 0 Å². The van der Waals surface area contributed by atoms with Gasteiger partial charge in [0.1, 0.15) is 0 Å². The molecule has 2 nitrogen and oxygen atoms in total. The molecule has 0 saturated heterocycles. The van der Waals surface area contributed by atoms with E-state index in [0.29, 0.717) is 5.56 Å². The lowest BCUT2D eigenvalue weighted by Crippen LogP contribution is -2.08. The largest absolute Gasteiger partial charge is 0.416 e. The highest BCUT2D eigenvalue weighted by atomic mass is 19.4. The molecule has 0 spiro atoms. The van der Waals surface area contributed by atoms with E-state index in [0.717, 1.165) is 28.6 Å². The Morgan fingerprint density at radius 3 is 2.30 bits per heavy atom. The zero-order valence-electron chi connectivity index (χ0n) is 12.2. The second kappa shape index (κ2) is 5.50. The van der Waals surface area contributed by atoms with Crippen molar-refractivity contribution in [3.63, 3.8) is 0 Å². The Morgan fingerprint density at radius 1 is 1.00 bits per heavy atom. The monoisotopic (exact) mass is 315 g/mol. The second-order valence-corrected chi connectivity index (χ2v) is 5.22. The number of pyridine rings is 1. The fourth-order valence-electron chi connectivity index (χ4n) is 2.47. The fourth-order valence-corrected chi connectivity index (χ4v) is 2.47. The molecule has 0 aliphatic heterocycles. The average molecular weight is 315 g/mol. The quantitative estimate of drug-likeness (QED) is 0.636. The minimum absolute atomic E-state index is 0.207. The SMILES string of the molecule is Cc1c(C(=O)c2ccc(C(F)(F)F)cc2)cnc2ccccc12. The Kier molecular flexibility index (Phi) is 3.64. The number of aromatic nitrogens is 1. The summed E-state index contributed by atoms with van der Waals surface area (Å²) in [6.45, 7) is 1.81. The number of aryl methyl sites for hydroxylation is 1. The highest BCUT2D eigenvalue weighted by molar-refractivity contribution is 6.11. The van der Waals surface area contributed by atoms with Crippen LogP contribution in [0.5, 0.6) is 0 Å². The summed E-state index contributed by atoms with van der Waals surface area (Å²) < 4.78 is 37.8. The number of halogens is 3. The van der Waals surface area contributed by atoms with Crippen molar-refractivity contribution in [3.8, 4) is 0 Å². The molecule has 0 radical (unpaired) electrons. The maximum absolute atomic E-state index is 12.6.